The van der Waals surface area contributed by atoms with Crippen molar-refractivity contribution in [2.45, 2.75) is 50.2 Å². The van der Waals surface area contributed by atoms with Gasteiger partial charge in [-0.15, -0.1) is 0 Å². The molecule has 0 radical (unpaired) electrons. The summed E-state index contributed by atoms with van der Waals surface area (Å²) in [5.74, 6) is -0.867. The number of amides is 2. The average Bonchev–Trinajstić information content (AvgIpc) is 3.02. The molecule has 4 rings (SSSR count). The number of halogens is 2. The quantitative estimate of drug-likeness (QED) is 0.173. The minimum absolute atomic E-state index is 0.0420. The van der Waals surface area contributed by atoms with Gasteiger partial charge in [0.2, 0.25) is 11.8 Å². The molecule has 0 spiro atoms. The van der Waals surface area contributed by atoms with E-state index in [1.807, 2.05) is 74.5 Å². The van der Waals surface area contributed by atoms with Crippen LogP contribution in [0, 0.1) is 0 Å². The van der Waals surface area contributed by atoms with E-state index in [4.69, 9.17) is 23.2 Å². The molecule has 0 aliphatic carbocycles. The summed E-state index contributed by atoms with van der Waals surface area (Å²) < 4.78 is 29.1. The first-order chi connectivity index (χ1) is 21.1. The van der Waals surface area contributed by atoms with Crippen LogP contribution in [-0.4, -0.2) is 43.8 Å². The highest BCUT2D eigenvalue weighted by Crippen LogP contribution is 2.28. The third-order valence-electron chi connectivity index (χ3n) is 7.24. The van der Waals surface area contributed by atoms with Crippen LogP contribution in [0.15, 0.2) is 114 Å². The highest BCUT2D eigenvalue weighted by molar-refractivity contribution is 7.92. The lowest BCUT2D eigenvalue weighted by molar-refractivity contribution is -0.140. The van der Waals surface area contributed by atoms with Gasteiger partial charge < -0.3 is 10.2 Å². The van der Waals surface area contributed by atoms with Gasteiger partial charge in [-0.25, -0.2) is 8.42 Å². The van der Waals surface area contributed by atoms with Crippen molar-refractivity contribution in [3.05, 3.63) is 130 Å². The Morgan fingerprint density at radius 2 is 1.41 bits per heavy atom. The van der Waals surface area contributed by atoms with Crippen molar-refractivity contribution in [2.75, 3.05) is 10.8 Å². The van der Waals surface area contributed by atoms with E-state index >= 15 is 0 Å². The first-order valence-electron chi connectivity index (χ1n) is 14.3. The number of hydrogen-bond donors (Lipinski definition) is 1. The maximum absolute atomic E-state index is 14.4. The molecule has 0 aliphatic heterocycles. The van der Waals surface area contributed by atoms with Crippen molar-refractivity contribution in [1.82, 2.24) is 10.2 Å². The van der Waals surface area contributed by atoms with Crippen molar-refractivity contribution in [3.63, 3.8) is 0 Å². The lowest BCUT2D eigenvalue weighted by Crippen LogP contribution is -2.54. The number of sulfonamides is 1. The van der Waals surface area contributed by atoms with Crippen molar-refractivity contribution >= 4 is 50.7 Å². The smallest absolute Gasteiger partial charge is 0.264 e. The molecule has 44 heavy (non-hydrogen) atoms. The van der Waals surface area contributed by atoms with Crippen molar-refractivity contribution in [1.29, 1.82) is 0 Å². The zero-order valence-corrected chi connectivity index (χ0v) is 26.9. The summed E-state index contributed by atoms with van der Waals surface area (Å²) in [5.41, 5.74) is 1.87. The number of carbonyl (C=O) groups is 2. The first kappa shape index (κ1) is 33.1. The summed E-state index contributed by atoms with van der Waals surface area (Å²) in [7, 11) is -4.25. The Hall–Kier alpha value is -3.85. The van der Waals surface area contributed by atoms with Crippen LogP contribution in [0.1, 0.15) is 31.4 Å². The van der Waals surface area contributed by atoms with E-state index in [2.05, 4.69) is 5.32 Å². The lowest BCUT2D eigenvalue weighted by Gasteiger charge is -2.34. The van der Waals surface area contributed by atoms with Gasteiger partial charge in [0.25, 0.3) is 10.0 Å². The van der Waals surface area contributed by atoms with Crippen molar-refractivity contribution < 1.29 is 18.0 Å². The van der Waals surface area contributed by atoms with Gasteiger partial charge in [0, 0.05) is 29.1 Å². The Morgan fingerprint density at radius 1 is 0.795 bits per heavy atom. The Bertz CT molecular complexity index is 1650. The highest BCUT2D eigenvalue weighted by atomic mass is 35.5. The van der Waals surface area contributed by atoms with Crippen LogP contribution >= 0.6 is 23.2 Å². The van der Waals surface area contributed by atoms with E-state index in [-0.39, 0.29) is 35.5 Å². The molecule has 230 valence electrons. The minimum atomic E-state index is -4.25. The zero-order chi connectivity index (χ0) is 31.7. The summed E-state index contributed by atoms with van der Waals surface area (Å²) >= 11 is 12.3. The number of nitrogens with one attached hydrogen (secondary N) is 1. The first-order valence-corrected chi connectivity index (χ1v) is 16.5. The number of hydrogen-bond acceptors (Lipinski definition) is 4. The highest BCUT2D eigenvalue weighted by Gasteiger charge is 2.35. The van der Waals surface area contributed by atoms with Crippen LogP contribution < -0.4 is 9.62 Å². The predicted molar refractivity (Wildman–Crippen MR) is 176 cm³/mol. The number of anilines is 1. The van der Waals surface area contributed by atoms with Gasteiger partial charge >= 0.3 is 0 Å². The molecule has 0 heterocycles. The van der Waals surface area contributed by atoms with Crippen LogP contribution in [0.25, 0.3) is 0 Å². The van der Waals surface area contributed by atoms with E-state index in [0.717, 1.165) is 15.4 Å². The largest absolute Gasteiger partial charge is 0.352 e. The van der Waals surface area contributed by atoms with E-state index in [1.165, 1.54) is 35.2 Å². The molecular weight excluding hydrogens is 617 g/mol. The van der Waals surface area contributed by atoms with Crippen molar-refractivity contribution in [2.24, 2.45) is 0 Å². The summed E-state index contributed by atoms with van der Waals surface area (Å²) in [6.07, 6.45) is 0.946. The van der Waals surface area contributed by atoms with E-state index < -0.39 is 28.5 Å². The van der Waals surface area contributed by atoms with Gasteiger partial charge in [0.1, 0.15) is 12.6 Å². The van der Waals surface area contributed by atoms with Gasteiger partial charge in [-0.3, -0.25) is 13.9 Å². The Labute approximate surface area is 269 Å². The van der Waals surface area contributed by atoms with Gasteiger partial charge in [-0.1, -0.05) is 96.9 Å². The molecule has 2 amide bonds. The molecule has 4 aromatic carbocycles. The molecule has 0 bridgehead atoms. The van der Waals surface area contributed by atoms with E-state index in [1.54, 1.807) is 18.2 Å². The fourth-order valence-electron chi connectivity index (χ4n) is 4.67. The lowest BCUT2D eigenvalue weighted by atomic mass is 10.0. The zero-order valence-electron chi connectivity index (χ0n) is 24.6. The fraction of sp³-hybridized carbons (Fsp3) is 0.235. The van der Waals surface area contributed by atoms with Gasteiger partial charge in [0.05, 0.1) is 10.6 Å². The molecule has 1 N–H and O–H groups in total. The van der Waals surface area contributed by atoms with Crippen LogP contribution in [0.2, 0.25) is 10.0 Å². The molecule has 10 heteroatoms. The summed E-state index contributed by atoms with van der Waals surface area (Å²) in [6, 6.07) is 29.7. The van der Waals surface area contributed by atoms with E-state index in [9.17, 15) is 18.0 Å². The number of benzene rings is 4. The van der Waals surface area contributed by atoms with Crippen LogP contribution in [0.5, 0.6) is 0 Å². The normalized spacial score (nSPS) is 12.6. The molecule has 0 saturated heterocycles. The van der Waals surface area contributed by atoms with Gasteiger partial charge in [0.15, 0.2) is 0 Å². The molecule has 0 aliphatic rings. The van der Waals surface area contributed by atoms with Gasteiger partial charge in [-0.2, -0.15) is 0 Å². The second kappa shape index (κ2) is 15.2. The third kappa shape index (κ3) is 8.62. The van der Waals surface area contributed by atoms with Crippen molar-refractivity contribution in [3.8, 4) is 0 Å². The number of nitrogens with zero attached hydrogens (tertiary/aromatic N) is 2. The third-order valence-corrected chi connectivity index (χ3v) is 9.52. The summed E-state index contributed by atoms with van der Waals surface area (Å²) in [6.45, 7) is 3.39. The number of rotatable bonds is 13. The van der Waals surface area contributed by atoms with Crippen LogP contribution in [0.3, 0.4) is 0 Å². The molecule has 0 fully saturated rings. The Kier molecular flexibility index (Phi) is 11.4. The summed E-state index contributed by atoms with van der Waals surface area (Å²) in [4.78, 5) is 29.7. The molecule has 0 aromatic heterocycles. The van der Waals surface area contributed by atoms with E-state index in [0.29, 0.717) is 16.5 Å². The predicted octanol–water partition coefficient (Wildman–Crippen LogP) is 6.74. The Balaban J connectivity index is 1.79. The average molecular weight is 653 g/mol. The van der Waals surface area contributed by atoms with Crippen LogP contribution in [-0.2, 0) is 32.6 Å². The molecule has 0 saturated carbocycles. The summed E-state index contributed by atoms with van der Waals surface area (Å²) in [5, 5.41) is 3.71. The number of carbonyl (C=O) groups excluding carboxylic acids is 2. The standard InChI is InChI=1S/C34H35Cl2N3O4S/c1-3-25(2)37-34(41)32(21-26-11-6-4-7-12-26)38(23-27-13-8-5-9-14-27)33(40)24-39(30-16-10-15-29(36)22-30)44(42,43)31-19-17-28(35)18-20-31/h4-20,22,25,32H,3,21,23-24H2,1-2H3,(H,37,41)/t25-,32+/m1/s1. The second-order valence-corrected chi connectivity index (χ2v) is 13.2. The van der Waals surface area contributed by atoms with Crippen LogP contribution in [0.4, 0.5) is 5.69 Å². The SMILES string of the molecule is CC[C@@H](C)NC(=O)[C@H](Cc1ccccc1)N(Cc1ccccc1)C(=O)CN(c1cccc(Cl)c1)S(=O)(=O)c1ccc(Cl)cc1. The monoisotopic (exact) mass is 651 g/mol. The maximum atomic E-state index is 14.4. The molecule has 7 nitrogen and oxygen atoms in total. The topological polar surface area (TPSA) is 86.8 Å². The molecule has 2 atom stereocenters. The van der Waals surface area contributed by atoms with Gasteiger partial charge in [-0.05, 0) is 66.9 Å². The second-order valence-electron chi connectivity index (χ2n) is 10.5. The molecule has 4 aromatic rings. The Morgan fingerprint density at radius 3 is 2.00 bits per heavy atom. The molecular formula is C34H35Cl2N3O4S. The fourth-order valence-corrected chi connectivity index (χ4v) is 6.39. The maximum Gasteiger partial charge on any atom is 0.264 e. The minimum Gasteiger partial charge on any atom is -0.352 e. The molecule has 0 unspecified atom stereocenters.